The molecule has 0 radical (unpaired) electrons. The maximum atomic E-state index is 12.8. The number of anilines is 1. The predicted molar refractivity (Wildman–Crippen MR) is 92.4 cm³/mol. The van der Waals surface area contributed by atoms with Crippen LogP contribution in [0.25, 0.3) is 10.8 Å². The quantitative estimate of drug-likeness (QED) is 0.766. The van der Waals surface area contributed by atoms with Crippen LogP contribution in [0.2, 0.25) is 0 Å². The van der Waals surface area contributed by atoms with E-state index in [1.165, 1.54) is 0 Å². The highest BCUT2D eigenvalue weighted by molar-refractivity contribution is 7.93. The average Bonchev–Trinajstić information content (AvgIpc) is 2.84. The first kappa shape index (κ1) is 15.5. The Balaban J connectivity index is 1.59. The molecule has 1 amide bonds. The molecule has 0 aliphatic carbocycles. The lowest BCUT2D eigenvalue weighted by molar-refractivity contribution is -0.119. The van der Waals surface area contributed by atoms with E-state index in [9.17, 15) is 13.2 Å². The van der Waals surface area contributed by atoms with Crippen LogP contribution in [0.3, 0.4) is 0 Å². The van der Waals surface area contributed by atoms with Crippen LogP contribution in [0.4, 0.5) is 5.69 Å². The van der Waals surface area contributed by atoms with Crippen LogP contribution < -0.4 is 9.62 Å². The van der Waals surface area contributed by atoms with Crippen molar-refractivity contribution in [2.75, 3.05) is 10.8 Å². The second-order valence-corrected chi connectivity index (χ2v) is 7.42. The third-order valence-electron chi connectivity index (χ3n) is 4.03. The van der Waals surface area contributed by atoms with Crippen LogP contribution in [0.15, 0.2) is 59.8 Å². The van der Waals surface area contributed by atoms with Gasteiger partial charge in [0, 0.05) is 17.8 Å². The highest BCUT2D eigenvalue weighted by Gasteiger charge is 2.36. The normalized spacial score (nSPS) is 14.6. The molecule has 3 aromatic rings. The minimum atomic E-state index is -3.74. The summed E-state index contributed by atoms with van der Waals surface area (Å²) in [6.45, 7) is -0.145. The molecule has 1 aliphatic rings. The molecule has 2 aromatic carbocycles. The van der Waals surface area contributed by atoms with E-state index in [-0.39, 0.29) is 18.0 Å². The molecule has 0 unspecified atom stereocenters. The van der Waals surface area contributed by atoms with Gasteiger partial charge in [0.2, 0.25) is 5.91 Å². The Bertz CT molecular complexity index is 1060. The standard InChI is InChI=1S/C17H14N4O3S/c22-16(20-10-15-18-8-3-9-19-15)11-21-13-6-1-4-12-5-2-7-14(17(12)13)25(21,23)24/h1-9H,10-11H2,(H,20,22). The number of benzene rings is 2. The van der Waals surface area contributed by atoms with E-state index in [0.717, 1.165) is 9.69 Å². The number of sulfonamides is 1. The van der Waals surface area contributed by atoms with Crippen molar-refractivity contribution in [3.63, 3.8) is 0 Å². The van der Waals surface area contributed by atoms with Gasteiger partial charge in [0.25, 0.3) is 10.0 Å². The van der Waals surface area contributed by atoms with Gasteiger partial charge in [-0.1, -0.05) is 24.3 Å². The first-order valence-electron chi connectivity index (χ1n) is 7.64. The van der Waals surface area contributed by atoms with Crippen molar-refractivity contribution >= 4 is 32.4 Å². The zero-order valence-electron chi connectivity index (χ0n) is 13.1. The number of nitrogens with zero attached hydrogens (tertiary/aromatic N) is 3. The zero-order chi connectivity index (χ0) is 17.4. The van der Waals surface area contributed by atoms with E-state index in [1.807, 2.05) is 12.1 Å². The van der Waals surface area contributed by atoms with Gasteiger partial charge in [0.05, 0.1) is 17.1 Å². The fourth-order valence-electron chi connectivity index (χ4n) is 2.91. The molecule has 0 spiro atoms. The van der Waals surface area contributed by atoms with E-state index < -0.39 is 15.9 Å². The third-order valence-corrected chi connectivity index (χ3v) is 5.83. The summed E-state index contributed by atoms with van der Waals surface area (Å²) in [4.78, 5) is 20.5. The highest BCUT2D eigenvalue weighted by Crippen LogP contribution is 2.41. The second-order valence-electron chi connectivity index (χ2n) is 5.58. The molecule has 25 heavy (non-hydrogen) atoms. The summed E-state index contributed by atoms with van der Waals surface area (Å²) in [5.41, 5.74) is 0.527. The van der Waals surface area contributed by atoms with Crippen molar-refractivity contribution in [2.24, 2.45) is 0 Å². The van der Waals surface area contributed by atoms with Crippen LogP contribution >= 0.6 is 0 Å². The van der Waals surface area contributed by atoms with E-state index in [2.05, 4.69) is 15.3 Å². The van der Waals surface area contributed by atoms with Gasteiger partial charge < -0.3 is 5.32 Å². The molecule has 126 valence electrons. The summed E-state index contributed by atoms with van der Waals surface area (Å²) in [6, 6.07) is 12.2. The number of hydrogen-bond donors (Lipinski definition) is 1. The summed E-state index contributed by atoms with van der Waals surface area (Å²) in [7, 11) is -3.74. The van der Waals surface area contributed by atoms with Crippen molar-refractivity contribution < 1.29 is 13.2 Å². The molecule has 8 heteroatoms. The monoisotopic (exact) mass is 354 g/mol. The lowest BCUT2D eigenvalue weighted by Gasteiger charge is -2.18. The number of nitrogens with one attached hydrogen (secondary N) is 1. The summed E-state index contributed by atoms with van der Waals surface area (Å²) in [6.07, 6.45) is 3.16. The maximum Gasteiger partial charge on any atom is 0.265 e. The predicted octanol–water partition coefficient (Wildman–Crippen LogP) is 1.45. The van der Waals surface area contributed by atoms with Crippen LogP contribution in [0, 0.1) is 0 Å². The Hall–Kier alpha value is -3.00. The molecule has 7 nitrogen and oxygen atoms in total. The van der Waals surface area contributed by atoms with Gasteiger partial charge in [0.1, 0.15) is 12.4 Å². The Labute approximate surface area is 144 Å². The first-order valence-corrected chi connectivity index (χ1v) is 9.08. The van der Waals surface area contributed by atoms with E-state index in [0.29, 0.717) is 16.9 Å². The summed E-state index contributed by atoms with van der Waals surface area (Å²) in [5.74, 6) is 0.0475. The van der Waals surface area contributed by atoms with Crippen molar-refractivity contribution in [1.29, 1.82) is 0 Å². The van der Waals surface area contributed by atoms with Crippen molar-refractivity contribution in [2.45, 2.75) is 11.4 Å². The van der Waals surface area contributed by atoms with Crippen LogP contribution in [-0.4, -0.2) is 30.8 Å². The van der Waals surface area contributed by atoms with Gasteiger partial charge in [-0.05, 0) is 23.6 Å². The average molecular weight is 354 g/mol. The zero-order valence-corrected chi connectivity index (χ0v) is 13.9. The van der Waals surface area contributed by atoms with E-state index in [1.54, 1.807) is 42.7 Å². The molecule has 1 N–H and O–H groups in total. The van der Waals surface area contributed by atoms with Crippen LogP contribution in [0.5, 0.6) is 0 Å². The molecule has 0 atom stereocenters. The summed E-state index contributed by atoms with van der Waals surface area (Å²) < 4.78 is 26.7. The van der Waals surface area contributed by atoms with Gasteiger partial charge in [-0.3, -0.25) is 9.10 Å². The largest absolute Gasteiger partial charge is 0.347 e. The second kappa shape index (κ2) is 5.82. The lowest BCUT2D eigenvalue weighted by Crippen LogP contribution is -2.38. The molecule has 4 rings (SSSR count). The number of aromatic nitrogens is 2. The Morgan fingerprint density at radius 3 is 2.52 bits per heavy atom. The topological polar surface area (TPSA) is 92.3 Å². The first-order chi connectivity index (χ1) is 12.1. The minimum Gasteiger partial charge on any atom is -0.347 e. The highest BCUT2D eigenvalue weighted by atomic mass is 32.2. The minimum absolute atomic E-state index is 0.144. The van der Waals surface area contributed by atoms with Crippen molar-refractivity contribution in [3.05, 3.63) is 60.7 Å². The fourth-order valence-corrected chi connectivity index (χ4v) is 4.58. The molecule has 0 saturated heterocycles. The molecule has 1 aliphatic heterocycles. The smallest absolute Gasteiger partial charge is 0.265 e. The van der Waals surface area contributed by atoms with Gasteiger partial charge in [-0.2, -0.15) is 0 Å². The SMILES string of the molecule is O=C(CN1c2cccc3cccc(c23)S1(=O)=O)NCc1ncccn1. The number of carbonyl (C=O) groups is 1. The number of rotatable bonds is 4. The Kier molecular flexibility index (Phi) is 3.61. The molecule has 0 fully saturated rings. The molecule has 0 bridgehead atoms. The van der Waals surface area contributed by atoms with E-state index in [4.69, 9.17) is 0 Å². The van der Waals surface area contributed by atoms with Gasteiger partial charge >= 0.3 is 0 Å². The Morgan fingerprint density at radius 2 is 1.76 bits per heavy atom. The summed E-state index contributed by atoms with van der Waals surface area (Å²) >= 11 is 0. The fraction of sp³-hybridized carbons (Fsp3) is 0.118. The molecule has 2 heterocycles. The maximum absolute atomic E-state index is 12.8. The lowest BCUT2D eigenvalue weighted by atomic mass is 10.1. The summed E-state index contributed by atoms with van der Waals surface area (Å²) in [5, 5.41) is 4.14. The molecular formula is C17H14N4O3S. The van der Waals surface area contributed by atoms with Gasteiger partial charge in [-0.15, -0.1) is 0 Å². The number of hydrogen-bond acceptors (Lipinski definition) is 5. The van der Waals surface area contributed by atoms with Crippen molar-refractivity contribution in [3.8, 4) is 0 Å². The van der Waals surface area contributed by atoms with Gasteiger partial charge in [0.15, 0.2) is 0 Å². The number of carbonyl (C=O) groups excluding carboxylic acids is 1. The van der Waals surface area contributed by atoms with E-state index >= 15 is 0 Å². The van der Waals surface area contributed by atoms with Gasteiger partial charge in [-0.25, -0.2) is 18.4 Å². The molecular weight excluding hydrogens is 340 g/mol. The van der Waals surface area contributed by atoms with Crippen molar-refractivity contribution in [1.82, 2.24) is 15.3 Å². The third kappa shape index (κ3) is 2.60. The Morgan fingerprint density at radius 1 is 1.04 bits per heavy atom. The van der Waals surface area contributed by atoms with Crippen LogP contribution in [0.1, 0.15) is 5.82 Å². The van der Waals surface area contributed by atoms with Crippen LogP contribution in [-0.2, 0) is 21.4 Å². The molecule has 0 saturated carbocycles. The number of amides is 1. The molecule has 1 aromatic heterocycles.